The van der Waals surface area contributed by atoms with Crippen molar-refractivity contribution in [1.82, 2.24) is 19.7 Å². The number of aliphatic carboxylic acids is 1. The van der Waals surface area contributed by atoms with Crippen molar-refractivity contribution in [3.8, 4) is 5.69 Å². The normalized spacial score (nSPS) is 10.4. The van der Waals surface area contributed by atoms with Gasteiger partial charge in [0.25, 0.3) is 0 Å². The monoisotopic (exact) mass is 250 g/mol. The van der Waals surface area contributed by atoms with Crippen molar-refractivity contribution in [2.24, 2.45) is 0 Å². The first-order valence-electron chi connectivity index (χ1n) is 4.85. The second-order valence-electron chi connectivity index (χ2n) is 3.26. The van der Waals surface area contributed by atoms with E-state index in [0.29, 0.717) is 11.0 Å². The summed E-state index contributed by atoms with van der Waals surface area (Å²) in [7, 11) is 0. The van der Waals surface area contributed by atoms with E-state index in [2.05, 4.69) is 15.2 Å². The van der Waals surface area contributed by atoms with Gasteiger partial charge in [-0.2, -0.15) is 0 Å². The van der Waals surface area contributed by atoms with E-state index in [-0.39, 0.29) is 5.75 Å². The van der Waals surface area contributed by atoms with Crippen LogP contribution in [0.2, 0.25) is 0 Å². The number of rotatable bonds is 4. The van der Waals surface area contributed by atoms with Gasteiger partial charge in [-0.15, -0.1) is 10.2 Å². The van der Waals surface area contributed by atoms with Crippen molar-refractivity contribution in [3.05, 3.63) is 30.4 Å². The van der Waals surface area contributed by atoms with E-state index in [0.717, 1.165) is 17.4 Å². The molecule has 6 nitrogen and oxygen atoms in total. The van der Waals surface area contributed by atoms with E-state index in [1.165, 1.54) is 0 Å². The van der Waals surface area contributed by atoms with Crippen LogP contribution in [0.5, 0.6) is 0 Å². The van der Waals surface area contributed by atoms with Crippen LogP contribution in [0.15, 0.2) is 29.7 Å². The van der Waals surface area contributed by atoms with E-state index in [4.69, 9.17) is 5.11 Å². The van der Waals surface area contributed by atoms with Gasteiger partial charge in [0.05, 0.1) is 17.6 Å². The minimum Gasteiger partial charge on any atom is -0.481 e. The molecule has 0 aliphatic heterocycles. The Morgan fingerprint density at radius 1 is 1.53 bits per heavy atom. The predicted molar refractivity (Wildman–Crippen MR) is 62.3 cm³/mol. The first-order valence-corrected chi connectivity index (χ1v) is 5.84. The van der Waals surface area contributed by atoms with Crippen LogP contribution >= 0.6 is 11.8 Å². The van der Waals surface area contributed by atoms with Crippen LogP contribution in [0.25, 0.3) is 5.69 Å². The van der Waals surface area contributed by atoms with Gasteiger partial charge < -0.3 is 5.11 Å². The van der Waals surface area contributed by atoms with Crippen LogP contribution in [0.3, 0.4) is 0 Å². The summed E-state index contributed by atoms with van der Waals surface area (Å²) in [6.45, 7) is 1.81. The van der Waals surface area contributed by atoms with Gasteiger partial charge >= 0.3 is 5.97 Å². The minimum absolute atomic E-state index is 0.0433. The number of hydrogen-bond donors (Lipinski definition) is 1. The van der Waals surface area contributed by atoms with Gasteiger partial charge in [-0.1, -0.05) is 11.8 Å². The van der Waals surface area contributed by atoms with Gasteiger partial charge in [-0.3, -0.25) is 14.3 Å². The first-order chi connectivity index (χ1) is 8.18. The average molecular weight is 250 g/mol. The topological polar surface area (TPSA) is 80.9 Å². The third-order valence-electron chi connectivity index (χ3n) is 2.02. The molecule has 2 rings (SSSR count). The zero-order chi connectivity index (χ0) is 12.3. The van der Waals surface area contributed by atoms with Crippen molar-refractivity contribution < 1.29 is 9.90 Å². The lowest BCUT2D eigenvalue weighted by atomic mass is 10.4. The molecule has 0 fully saturated rings. The van der Waals surface area contributed by atoms with Crippen molar-refractivity contribution in [2.75, 3.05) is 5.75 Å². The number of pyridine rings is 1. The van der Waals surface area contributed by atoms with Crippen LogP contribution in [0.1, 0.15) is 5.82 Å². The molecule has 0 saturated carbocycles. The molecule has 0 spiro atoms. The van der Waals surface area contributed by atoms with E-state index >= 15 is 0 Å². The van der Waals surface area contributed by atoms with Gasteiger partial charge in [0.1, 0.15) is 5.82 Å². The molecule has 0 saturated heterocycles. The molecular formula is C10H10N4O2S. The summed E-state index contributed by atoms with van der Waals surface area (Å²) in [6.07, 6.45) is 3.36. The van der Waals surface area contributed by atoms with Crippen LogP contribution < -0.4 is 0 Å². The Morgan fingerprint density at radius 2 is 2.35 bits per heavy atom. The Hall–Kier alpha value is -1.89. The number of carboxylic acids is 1. The molecule has 0 radical (unpaired) electrons. The summed E-state index contributed by atoms with van der Waals surface area (Å²) in [6, 6.07) is 3.68. The highest BCUT2D eigenvalue weighted by atomic mass is 32.2. The second kappa shape index (κ2) is 4.96. The third kappa shape index (κ3) is 2.62. The number of aromatic nitrogens is 4. The van der Waals surface area contributed by atoms with E-state index in [9.17, 15) is 4.79 Å². The largest absolute Gasteiger partial charge is 0.481 e. The Kier molecular flexibility index (Phi) is 3.38. The summed E-state index contributed by atoms with van der Waals surface area (Å²) in [4.78, 5) is 14.6. The Bertz CT molecular complexity index is 526. The number of carboxylic acid groups (broad SMARTS) is 1. The number of thioether (sulfide) groups is 1. The molecule has 2 aromatic heterocycles. The predicted octanol–water partition coefficient (Wildman–Crippen LogP) is 1.15. The molecule has 88 valence electrons. The lowest BCUT2D eigenvalue weighted by Gasteiger charge is -2.06. The van der Waals surface area contributed by atoms with Crippen LogP contribution in [-0.4, -0.2) is 36.6 Å². The molecule has 1 N–H and O–H groups in total. The average Bonchev–Trinajstić information content (AvgIpc) is 2.69. The fourth-order valence-corrected chi connectivity index (χ4v) is 2.06. The number of hydrogen-bond acceptors (Lipinski definition) is 5. The highest BCUT2D eigenvalue weighted by Gasteiger charge is 2.12. The molecule has 2 aromatic rings. The fraction of sp³-hybridized carbons (Fsp3) is 0.200. The highest BCUT2D eigenvalue weighted by molar-refractivity contribution is 7.99. The number of nitrogens with zero attached hydrogens (tertiary/aromatic N) is 4. The fourth-order valence-electron chi connectivity index (χ4n) is 1.35. The number of aryl methyl sites for hydroxylation is 1. The molecular weight excluding hydrogens is 240 g/mol. The lowest BCUT2D eigenvalue weighted by Crippen LogP contribution is -2.03. The standard InChI is InChI=1S/C10H10N4O2S/c1-7-12-13-10(17-6-9(15)16)14(7)8-3-2-4-11-5-8/h2-5H,6H2,1H3,(H,15,16). The van der Waals surface area contributed by atoms with Crippen molar-refractivity contribution >= 4 is 17.7 Å². The third-order valence-corrected chi connectivity index (χ3v) is 2.94. The van der Waals surface area contributed by atoms with Gasteiger partial charge in [-0.05, 0) is 19.1 Å². The zero-order valence-electron chi connectivity index (χ0n) is 9.07. The summed E-state index contributed by atoms with van der Waals surface area (Å²) >= 11 is 1.13. The van der Waals surface area contributed by atoms with E-state index in [1.54, 1.807) is 23.0 Å². The van der Waals surface area contributed by atoms with Crippen LogP contribution in [0.4, 0.5) is 0 Å². The van der Waals surface area contributed by atoms with Gasteiger partial charge in [-0.25, -0.2) is 0 Å². The number of carbonyl (C=O) groups is 1. The smallest absolute Gasteiger partial charge is 0.313 e. The molecule has 0 aromatic carbocycles. The molecule has 0 amide bonds. The molecule has 0 aliphatic carbocycles. The Labute approximate surface area is 102 Å². The van der Waals surface area contributed by atoms with Crippen LogP contribution in [0, 0.1) is 6.92 Å². The lowest BCUT2D eigenvalue weighted by molar-refractivity contribution is -0.133. The highest BCUT2D eigenvalue weighted by Crippen LogP contribution is 2.20. The summed E-state index contributed by atoms with van der Waals surface area (Å²) in [5, 5.41) is 17.1. The maximum Gasteiger partial charge on any atom is 0.313 e. The van der Waals surface area contributed by atoms with E-state index < -0.39 is 5.97 Å². The molecule has 2 heterocycles. The molecule has 7 heteroatoms. The maximum absolute atomic E-state index is 10.5. The molecule has 0 aliphatic rings. The summed E-state index contributed by atoms with van der Waals surface area (Å²) < 4.78 is 1.78. The van der Waals surface area contributed by atoms with E-state index in [1.807, 2.05) is 13.0 Å². The van der Waals surface area contributed by atoms with Crippen LogP contribution in [-0.2, 0) is 4.79 Å². The van der Waals surface area contributed by atoms with Gasteiger partial charge in [0, 0.05) is 6.20 Å². The Balaban J connectivity index is 2.33. The minimum atomic E-state index is -0.881. The molecule has 0 atom stereocenters. The molecule has 0 bridgehead atoms. The van der Waals surface area contributed by atoms with Gasteiger partial charge in [0.15, 0.2) is 5.16 Å². The Morgan fingerprint density at radius 3 is 3.00 bits per heavy atom. The summed E-state index contributed by atoms with van der Waals surface area (Å²) in [5.74, 6) is -0.224. The van der Waals surface area contributed by atoms with Crippen molar-refractivity contribution in [2.45, 2.75) is 12.1 Å². The summed E-state index contributed by atoms with van der Waals surface area (Å²) in [5.41, 5.74) is 0.822. The van der Waals surface area contributed by atoms with Crippen molar-refractivity contribution in [3.63, 3.8) is 0 Å². The first kappa shape index (κ1) is 11.6. The van der Waals surface area contributed by atoms with Crippen molar-refractivity contribution in [1.29, 1.82) is 0 Å². The van der Waals surface area contributed by atoms with Gasteiger partial charge in [0.2, 0.25) is 0 Å². The maximum atomic E-state index is 10.5. The SMILES string of the molecule is Cc1nnc(SCC(=O)O)n1-c1cccnc1. The molecule has 17 heavy (non-hydrogen) atoms. The zero-order valence-corrected chi connectivity index (χ0v) is 9.89. The second-order valence-corrected chi connectivity index (χ2v) is 4.20. The quantitative estimate of drug-likeness (QED) is 0.820. The molecule has 0 unspecified atom stereocenters.